The summed E-state index contributed by atoms with van der Waals surface area (Å²) in [6.07, 6.45) is 15.2. The molecule has 1 fully saturated rings. The zero-order valence-electron chi connectivity index (χ0n) is 12.6. The molecular formula is C17H33N. The minimum absolute atomic E-state index is 0.436. The fraction of sp³-hybridized carbons (Fsp3) is 0.882. The molecule has 18 heavy (non-hydrogen) atoms. The molecule has 0 aromatic carbocycles. The van der Waals surface area contributed by atoms with Gasteiger partial charge in [-0.3, -0.25) is 0 Å². The van der Waals surface area contributed by atoms with Crippen LogP contribution in [-0.4, -0.2) is 6.04 Å². The third-order valence-corrected chi connectivity index (χ3v) is 4.62. The molecule has 1 atom stereocenters. The predicted molar refractivity (Wildman–Crippen MR) is 81.6 cm³/mol. The summed E-state index contributed by atoms with van der Waals surface area (Å²) in [5.74, 6) is 0.787. The highest BCUT2D eigenvalue weighted by atomic mass is 14.7. The summed E-state index contributed by atoms with van der Waals surface area (Å²) in [5, 5.41) is 0. The number of hydrogen-bond donors (Lipinski definition) is 1. The molecule has 0 radical (unpaired) electrons. The highest BCUT2D eigenvalue weighted by molar-refractivity contribution is 4.93. The molecule has 0 aromatic heterocycles. The molecule has 1 saturated carbocycles. The van der Waals surface area contributed by atoms with Crippen molar-refractivity contribution < 1.29 is 0 Å². The fourth-order valence-electron chi connectivity index (χ4n) is 3.75. The van der Waals surface area contributed by atoms with Gasteiger partial charge in [-0.25, -0.2) is 0 Å². The van der Waals surface area contributed by atoms with Gasteiger partial charge < -0.3 is 5.73 Å². The molecule has 0 aromatic rings. The Morgan fingerprint density at radius 2 is 1.83 bits per heavy atom. The lowest BCUT2D eigenvalue weighted by molar-refractivity contribution is 0.173. The molecule has 1 aliphatic rings. The lowest BCUT2D eigenvalue weighted by Gasteiger charge is -2.37. The van der Waals surface area contributed by atoms with E-state index in [9.17, 15) is 0 Å². The van der Waals surface area contributed by atoms with Crippen LogP contribution in [0.15, 0.2) is 12.7 Å². The maximum atomic E-state index is 6.56. The second kappa shape index (κ2) is 7.99. The van der Waals surface area contributed by atoms with Crippen molar-refractivity contribution >= 4 is 0 Å². The summed E-state index contributed by atoms with van der Waals surface area (Å²) in [6, 6.07) is 0.436. The average Bonchev–Trinajstić information content (AvgIpc) is 2.77. The summed E-state index contributed by atoms with van der Waals surface area (Å²) < 4.78 is 0. The van der Waals surface area contributed by atoms with E-state index in [0.717, 1.165) is 12.3 Å². The molecule has 0 bridgehead atoms. The van der Waals surface area contributed by atoms with Gasteiger partial charge in [0.15, 0.2) is 0 Å². The molecule has 1 nitrogen and oxygen atoms in total. The third kappa shape index (κ3) is 4.76. The molecule has 1 heteroatoms. The average molecular weight is 251 g/mol. The Morgan fingerprint density at radius 3 is 2.39 bits per heavy atom. The third-order valence-electron chi connectivity index (χ3n) is 4.62. The Hall–Kier alpha value is -0.300. The Kier molecular flexibility index (Phi) is 6.99. The van der Waals surface area contributed by atoms with Crippen molar-refractivity contribution in [1.82, 2.24) is 0 Å². The first-order chi connectivity index (χ1) is 8.60. The zero-order valence-corrected chi connectivity index (χ0v) is 12.6. The molecule has 1 rings (SSSR count). The number of rotatable bonds is 9. The SMILES string of the molecule is C=CCCCCCC(N)C1(CC(C)C)CCCC1. The van der Waals surface area contributed by atoms with Crippen LogP contribution in [0.1, 0.15) is 78.1 Å². The van der Waals surface area contributed by atoms with Crippen LogP contribution in [0.4, 0.5) is 0 Å². The van der Waals surface area contributed by atoms with Crippen LogP contribution in [0.5, 0.6) is 0 Å². The van der Waals surface area contributed by atoms with Gasteiger partial charge in [0.05, 0.1) is 0 Å². The van der Waals surface area contributed by atoms with E-state index in [2.05, 4.69) is 20.4 Å². The van der Waals surface area contributed by atoms with Gasteiger partial charge in [0.1, 0.15) is 0 Å². The highest BCUT2D eigenvalue weighted by Gasteiger charge is 2.39. The molecule has 2 N–H and O–H groups in total. The van der Waals surface area contributed by atoms with Crippen molar-refractivity contribution in [3.63, 3.8) is 0 Å². The first-order valence-electron chi connectivity index (χ1n) is 7.97. The van der Waals surface area contributed by atoms with E-state index in [1.54, 1.807) is 0 Å². The molecule has 0 saturated heterocycles. The molecule has 0 heterocycles. The predicted octanol–water partition coefficient (Wildman–Crippen LogP) is 5.06. The second-order valence-electron chi connectivity index (χ2n) is 6.70. The van der Waals surface area contributed by atoms with Crippen molar-refractivity contribution in [3.8, 4) is 0 Å². The maximum absolute atomic E-state index is 6.56. The van der Waals surface area contributed by atoms with Crippen LogP contribution in [0.3, 0.4) is 0 Å². The number of unbranched alkanes of at least 4 members (excludes halogenated alkanes) is 3. The van der Waals surface area contributed by atoms with Crippen LogP contribution >= 0.6 is 0 Å². The fourth-order valence-corrected chi connectivity index (χ4v) is 3.75. The van der Waals surface area contributed by atoms with Gasteiger partial charge in [0, 0.05) is 6.04 Å². The second-order valence-corrected chi connectivity index (χ2v) is 6.70. The summed E-state index contributed by atoms with van der Waals surface area (Å²) in [4.78, 5) is 0. The van der Waals surface area contributed by atoms with E-state index in [1.807, 2.05) is 6.08 Å². The van der Waals surface area contributed by atoms with E-state index < -0.39 is 0 Å². The van der Waals surface area contributed by atoms with E-state index >= 15 is 0 Å². The zero-order chi connectivity index (χ0) is 13.4. The molecule has 1 aliphatic carbocycles. The molecule has 0 amide bonds. The first-order valence-corrected chi connectivity index (χ1v) is 7.97. The monoisotopic (exact) mass is 251 g/mol. The summed E-state index contributed by atoms with van der Waals surface area (Å²) >= 11 is 0. The Balaban J connectivity index is 2.35. The Bertz CT molecular complexity index is 226. The van der Waals surface area contributed by atoms with Gasteiger partial charge in [-0.05, 0) is 49.9 Å². The van der Waals surface area contributed by atoms with Gasteiger partial charge in [-0.1, -0.05) is 45.6 Å². The summed E-state index contributed by atoms with van der Waals surface area (Å²) in [6.45, 7) is 8.46. The minimum atomic E-state index is 0.436. The lowest BCUT2D eigenvalue weighted by Crippen LogP contribution is -2.40. The van der Waals surface area contributed by atoms with Gasteiger partial charge in [-0.15, -0.1) is 6.58 Å². The van der Waals surface area contributed by atoms with Gasteiger partial charge in [0.25, 0.3) is 0 Å². The van der Waals surface area contributed by atoms with Gasteiger partial charge in [-0.2, -0.15) is 0 Å². The van der Waals surface area contributed by atoms with E-state index in [4.69, 9.17) is 5.73 Å². The largest absolute Gasteiger partial charge is 0.327 e. The highest BCUT2D eigenvalue weighted by Crippen LogP contribution is 2.46. The van der Waals surface area contributed by atoms with E-state index in [-0.39, 0.29) is 0 Å². The Morgan fingerprint density at radius 1 is 1.17 bits per heavy atom. The summed E-state index contributed by atoms with van der Waals surface area (Å²) in [5.41, 5.74) is 7.04. The smallest absolute Gasteiger partial charge is 0.00956 e. The van der Waals surface area contributed by atoms with Crippen LogP contribution < -0.4 is 5.73 Å². The van der Waals surface area contributed by atoms with Crippen molar-refractivity contribution in [2.75, 3.05) is 0 Å². The quantitative estimate of drug-likeness (QED) is 0.450. The Labute approximate surface area is 114 Å². The molecule has 106 valence electrons. The number of nitrogens with two attached hydrogens (primary N) is 1. The standard InChI is InChI=1S/C17H33N/c1-4-5-6-7-8-11-16(18)17(14-15(2)3)12-9-10-13-17/h4,15-16H,1,5-14,18H2,2-3H3. The van der Waals surface area contributed by atoms with Crippen molar-refractivity contribution in [3.05, 3.63) is 12.7 Å². The molecule has 0 aliphatic heterocycles. The summed E-state index contributed by atoms with van der Waals surface area (Å²) in [7, 11) is 0. The number of hydrogen-bond acceptors (Lipinski definition) is 1. The molecule has 1 unspecified atom stereocenters. The first kappa shape index (κ1) is 15.8. The van der Waals surface area contributed by atoms with E-state index in [0.29, 0.717) is 11.5 Å². The molecule has 0 spiro atoms. The maximum Gasteiger partial charge on any atom is 0.00956 e. The van der Waals surface area contributed by atoms with Crippen molar-refractivity contribution in [2.24, 2.45) is 17.1 Å². The van der Waals surface area contributed by atoms with Gasteiger partial charge in [0.2, 0.25) is 0 Å². The van der Waals surface area contributed by atoms with Crippen LogP contribution in [0.25, 0.3) is 0 Å². The van der Waals surface area contributed by atoms with Crippen molar-refractivity contribution in [1.29, 1.82) is 0 Å². The van der Waals surface area contributed by atoms with Crippen LogP contribution in [0, 0.1) is 11.3 Å². The lowest BCUT2D eigenvalue weighted by atomic mass is 9.71. The van der Waals surface area contributed by atoms with Crippen molar-refractivity contribution in [2.45, 2.75) is 84.1 Å². The topological polar surface area (TPSA) is 26.0 Å². The van der Waals surface area contributed by atoms with Gasteiger partial charge >= 0.3 is 0 Å². The minimum Gasteiger partial charge on any atom is -0.327 e. The van der Waals surface area contributed by atoms with Crippen LogP contribution in [-0.2, 0) is 0 Å². The number of allylic oxidation sites excluding steroid dienone is 1. The molecular weight excluding hydrogens is 218 g/mol. The normalized spacial score (nSPS) is 20.2. The van der Waals surface area contributed by atoms with Crippen LogP contribution in [0.2, 0.25) is 0 Å². The van der Waals surface area contributed by atoms with E-state index in [1.165, 1.54) is 57.8 Å².